The maximum atomic E-state index is 5.34. The summed E-state index contributed by atoms with van der Waals surface area (Å²) in [6, 6.07) is 6.85. The Balaban J connectivity index is 1.89. The second kappa shape index (κ2) is 10.4. The first-order valence-corrected chi connectivity index (χ1v) is 12.7. The molecule has 32 heavy (non-hydrogen) atoms. The van der Waals surface area contributed by atoms with Gasteiger partial charge in [0, 0.05) is 57.9 Å². The highest BCUT2D eigenvalue weighted by Gasteiger charge is 2.24. The van der Waals surface area contributed by atoms with Crippen molar-refractivity contribution in [1.29, 1.82) is 0 Å². The van der Waals surface area contributed by atoms with E-state index in [4.69, 9.17) is 9.97 Å². The monoisotopic (exact) mass is 436 g/mol. The molecule has 0 atom stereocenters. The van der Waals surface area contributed by atoms with Crippen molar-refractivity contribution in [2.45, 2.75) is 53.4 Å². The van der Waals surface area contributed by atoms with E-state index >= 15 is 0 Å². The van der Waals surface area contributed by atoms with Gasteiger partial charge in [-0.2, -0.15) is 0 Å². The van der Waals surface area contributed by atoms with Gasteiger partial charge in [0.05, 0.1) is 23.3 Å². The van der Waals surface area contributed by atoms with Crippen LogP contribution in [-0.2, 0) is 0 Å². The first kappa shape index (κ1) is 22.7. The van der Waals surface area contributed by atoms with Crippen LogP contribution in [0.3, 0.4) is 0 Å². The van der Waals surface area contributed by atoms with Crippen LogP contribution in [0, 0.1) is 0 Å². The maximum absolute atomic E-state index is 5.34. The standard InChI is InChI=1S/C26H40N6/c1-5-29(6-2)23-20-27-25(30(7-3)8-4)19-21(23)26-22(31-15-9-10-16-31)13-14-24(28-26)32-17-11-12-18-32/h13-14,19-20H,5-12,15-18H2,1-4H3. The van der Waals surface area contributed by atoms with Crippen LogP contribution in [0.1, 0.15) is 53.4 Å². The van der Waals surface area contributed by atoms with Gasteiger partial charge >= 0.3 is 0 Å². The zero-order valence-electron chi connectivity index (χ0n) is 20.5. The molecule has 6 heteroatoms. The molecule has 0 unspecified atom stereocenters. The minimum atomic E-state index is 0.952. The quantitative estimate of drug-likeness (QED) is 0.549. The topological polar surface area (TPSA) is 38.7 Å². The van der Waals surface area contributed by atoms with Crippen molar-refractivity contribution in [2.24, 2.45) is 0 Å². The molecule has 2 aliphatic heterocycles. The van der Waals surface area contributed by atoms with Crippen molar-refractivity contribution < 1.29 is 0 Å². The third-order valence-corrected chi connectivity index (χ3v) is 7.05. The van der Waals surface area contributed by atoms with E-state index in [1.807, 2.05) is 0 Å². The van der Waals surface area contributed by atoms with Gasteiger partial charge in [-0.25, -0.2) is 9.97 Å². The molecule has 2 aliphatic rings. The van der Waals surface area contributed by atoms with E-state index < -0.39 is 0 Å². The summed E-state index contributed by atoms with van der Waals surface area (Å²) in [4.78, 5) is 19.9. The van der Waals surface area contributed by atoms with E-state index in [-0.39, 0.29) is 0 Å². The molecule has 0 N–H and O–H groups in total. The number of hydrogen-bond acceptors (Lipinski definition) is 6. The molecule has 2 aromatic rings. The molecule has 4 heterocycles. The maximum Gasteiger partial charge on any atom is 0.129 e. The van der Waals surface area contributed by atoms with Crippen LogP contribution in [0.25, 0.3) is 11.3 Å². The van der Waals surface area contributed by atoms with Gasteiger partial charge < -0.3 is 19.6 Å². The van der Waals surface area contributed by atoms with E-state index in [1.165, 1.54) is 42.6 Å². The van der Waals surface area contributed by atoms with E-state index in [2.05, 4.69) is 71.7 Å². The van der Waals surface area contributed by atoms with Gasteiger partial charge in [-0.05, 0) is 71.6 Å². The van der Waals surface area contributed by atoms with Crippen molar-refractivity contribution in [1.82, 2.24) is 9.97 Å². The SMILES string of the molecule is CCN(CC)c1cc(-c2nc(N3CCCC3)ccc2N2CCCC2)c(N(CC)CC)cn1. The van der Waals surface area contributed by atoms with Gasteiger partial charge in [0.25, 0.3) is 0 Å². The normalized spacial score (nSPS) is 16.1. The summed E-state index contributed by atoms with van der Waals surface area (Å²) in [7, 11) is 0. The number of hydrogen-bond donors (Lipinski definition) is 0. The molecule has 0 saturated carbocycles. The third kappa shape index (κ3) is 4.50. The van der Waals surface area contributed by atoms with Crippen molar-refractivity contribution in [2.75, 3.05) is 72.0 Å². The fourth-order valence-corrected chi connectivity index (χ4v) is 5.14. The summed E-state index contributed by atoms with van der Waals surface area (Å²) in [6.07, 6.45) is 7.12. The Morgan fingerprint density at radius 2 is 1.38 bits per heavy atom. The van der Waals surface area contributed by atoms with Crippen molar-refractivity contribution >= 4 is 23.0 Å². The Hall–Kier alpha value is -2.50. The minimum Gasteiger partial charge on any atom is -0.370 e. The largest absolute Gasteiger partial charge is 0.370 e. The second-order valence-corrected chi connectivity index (χ2v) is 8.83. The Kier molecular flexibility index (Phi) is 7.38. The van der Waals surface area contributed by atoms with Crippen LogP contribution < -0.4 is 19.6 Å². The molecule has 0 spiro atoms. The predicted octanol–water partition coefficient (Wildman–Crippen LogP) is 5.04. The molecule has 0 bridgehead atoms. The van der Waals surface area contributed by atoms with Gasteiger partial charge in [-0.1, -0.05) is 0 Å². The minimum absolute atomic E-state index is 0.952. The lowest BCUT2D eigenvalue weighted by Gasteiger charge is -2.29. The molecule has 0 aliphatic carbocycles. The molecule has 174 valence electrons. The van der Waals surface area contributed by atoms with E-state index in [1.54, 1.807) is 0 Å². The Bertz CT molecular complexity index is 828. The van der Waals surface area contributed by atoms with Gasteiger partial charge in [0.1, 0.15) is 11.6 Å². The number of aromatic nitrogens is 2. The smallest absolute Gasteiger partial charge is 0.129 e. The molecule has 2 fully saturated rings. The Morgan fingerprint density at radius 3 is 1.97 bits per heavy atom. The fourth-order valence-electron chi connectivity index (χ4n) is 5.14. The molecule has 4 rings (SSSR count). The van der Waals surface area contributed by atoms with Crippen LogP contribution >= 0.6 is 0 Å². The molecule has 0 aromatic carbocycles. The molecule has 2 saturated heterocycles. The average molecular weight is 437 g/mol. The summed E-state index contributed by atoms with van der Waals surface area (Å²) in [6.45, 7) is 17.1. The zero-order valence-corrected chi connectivity index (χ0v) is 20.5. The fraction of sp³-hybridized carbons (Fsp3) is 0.615. The van der Waals surface area contributed by atoms with E-state index in [0.717, 1.165) is 69.7 Å². The van der Waals surface area contributed by atoms with Crippen LogP contribution in [0.4, 0.5) is 23.0 Å². The second-order valence-electron chi connectivity index (χ2n) is 8.83. The lowest BCUT2D eigenvalue weighted by atomic mass is 10.1. The molecule has 2 aromatic heterocycles. The van der Waals surface area contributed by atoms with Gasteiger partial charge in [0.15, 0.2) is 0 Å². The molecular weight excluding hydrogens is 396 g/mol. The van der Waals surface area contributed by atoms with Crippen LogP contribution in [0.15, 0.2) is 24.4 Å². The highest BCUT2D eigenvalue weighted by atomic mass is 15.2. The highest BCUT2D eigenvalue weighted by molar-refractivity contribution is 5.86. The predicted molar refractivity (Wildman–Crippen MR) is 137 cm³/mol. The number of pyridine rings is 2. The first-order chi connectivity index (χ1) is 15.7. The number of nitrogens with zero attached hydrogens (tertiary/aromatic N) is 6. The summed E-state index contributed by atoms with van der Waals surface area (Å²) in [5, 5.41) is 0. The Labute approximate surface area is 194 Å². The van der Waals surface area contributed by atoms with Crippen molar-refractivity contribution in [3.8, 4) is 11.3 Å². The van der Waals surface area contributed by atoms with Gasteiger partial charge in [-0.15, -0.1) is 0 Å². The summed E-state index contributed by atoms with van der Waals surface area (Å²) < 4.78 is 0. The summed E-state index contributed by atoms with van der Waals surface area (Å²) >= 11 is 0. The van der Waals surface area contributed by atoms with E-state index in [9.17, 15) is 0 Å². The van der Waals surface area contributed by atoms with Crippen LogP contribution in [-0.4, -0.2) is 62.3 Å². The van der Waals surface area contributed by atoms with Gasteiger partial charge in [0.2, 0.25) is 0 Å². The lowest BCUT2D eigenvalue weighted by Crippen LogP contribution is -2.26. The first-order valence-electron chi connectivity index (χ1n) is 12.7. The van der Waals surface area contributed by atoms with Crippen molar-refractivity contribution in [3.05, 3.63) is 24.4 Å². The highest BCUT2D eigenvalue weighted by Crippen LogP contribution is 2.40. The molecule has 0 radical (unpaired) electrons. The van der Waals surface area contributed by atoms with Crippen molar-refractivity contribution in [3.63, 3.8) is 0 Å². The Morgan fingerprint density at radius 1 is 0.781 bits per heavy atom. The molecule has 0 amide bonds. The number of rotatable bonds is 9. The van der Waals surface area contributed by atoms with E-state index in [0.29, 0.717) is 0 Å². The van der Waals surface area contributed by atoms with Crippen LogP contribution in [0.2, 0.25) is 0 Å². The van der Waals surface area contributed by atoms with Gasteiger partial charge in [-0.3, -0.25) is 0 Å². The summed E-state index contributed by atoms with van der Waals surface area (Å²) in [5.41, 5.74) is 4.80. The molecular formula is C26H40N6. The average Bonchev–Trinajstić information content (AvgIpc) is 3.56. The summed E-state index contributed by atoms with van der Waals surface area (Å²) in [5.74, 6) is 2.16. The van der Waals surface area contributed by atoms with Crippen LogP contribution in [0.5, 0.6) is 0 Å². The number of anilines is 4. The molecule has 6 nitrogen and oxygen atoms in total. The third-order valence-electron chi connectivity index (χ3n) is 7.05. The zero-order chi connectivity index (χ0) is 22.5. The lowest BCUT2D eigenvalue weighted by molar-refractivity contribution is 0.836.